The van der Waals surface area contributed by atoms with Gasteiger partial charge in [-0.25, -0.2) is 4.79 Å². The summed E-state index contributed by atoms with van der Waals surface area (Å²) in [5.74, 6) is -8.42. The molecule has 0 bridgehead atoms. The second-order valence-electron chi connectivity index (χ2n) is 19.6. The molecule has 1 heterocycles. The highest BCUT2D eigenvalue weighted by Crippen LogP contribution is 2.20. The van der Waals surface area contributed by atoms with Gasteiger partial charge in [0.05, 0.1) is 18.2 Å². The van der Waals surface area contributed by atoms with Gasteiger partial charge in [-0.3, -0.25) is 43.3 Å². The third-order valence-corrected chi connectivity index (χ3v) is 11.3. The maximum atomic E-state index is 14.0. The summed E-state index contributed by atoms with van der Waals surface area (Å²) >= 11 is 0. The number of aliphatic hydroxyl groups excluding tert-OH is 2. The molecule has 0 radical (unpaired) electrons. The van der Waals surface area contributed by atoms with E-state index in [1.807, 2.05) is 13.8 Å². The second kappa shape index (κ2) is 29.4. The molecule has 0 aromatic carbocycles. The smallest absolute Gasteiger partial charge is 0.326 e. The molecule has 1 saturated heterocycles. The molecule has 8 amide bonds. The van der Waals surface area contributed by atoms with Crippen molar-refractivity contribution in [2.24, 2.45) is 45.9 Å². The molecule has 1 aliphatic rings. The van der Waals surface area contributed by atoms with E-state index in [2.05, 4.69) is 42.2 Å². The van der Waals surface area contributed by atoms with Crippen molar-refractivity contribution >= 4 is 59.2 Å². The van der Waals surface area contributed by atoms with E-state index in [0.717, 1.165) is 0 Å². The number of hydrogen-bond acceptors (Lipinski definition) is 13. The highest BCUT2D eigenvalue weighted by atomic mass is 16.4. The summed E-state index contributed by atoms with van der Waals surface area (Å²) in [5, 5.41) is 48.6. The van der Waals surface area contributed by atoms with Crippen molar-refractivity contribution in [3.63, 3.8) is 0 Å². The fourth-order valence-corrected chi connectivity index (χ4v) is 7.48. The molecule has 0 unspecified atom stereocenters. The first-order valence-corrected chi connectivity index (χ1v) is 23.8. The van der Waals surface area contributed by atoms with Gasteiger partial charge in [0, 0.05) is 13.1 Å². The molecule has 1 rings (SSSR count). The van der Waals surface area contributed by atoms with E-state index in [1.54, 1.807) is 41.5 Å². The Kier molecular flexibility index (Phi) is 26.2. The van der Waals surface area contributed by atoms with E-state index in [4.69, 9.17) is 17.2 Å². The first-order chi connectivity index (χ1) is 32.0. The van der Waals surface area contributed by atoms with Crippen LogP contribution in [0.1, 0.15) is 121 Å². The molecule has 0 saturated carbocycles. The minimum absolute atomic E-state index is 0.0430. The average molecular weight is 983 g/mol. The van der Waals surface area contributed by atoms with Crippen molar-refractivity contribution in [2.45, 2.75) is 188 Å². The van der Waals surface area contributed by atoms with E-state index < -0.39 is 120 Å². The number of nitrogens with two attached hydrogens (primary N) is 3. The van der Waals surface area contributed by atoms with Crippen molar-refractivity contribution in [1.29, 1.82) is 0 Å². The minimum Gasteiger partial charge on any atom is -0.480 e. The van der Waals surface area contributed by atoms with Crippen molar-refractivity contribution < 1.29 is 58.5 Å². The monoisotopic (exact) mass is 983 g/mol. The molecule has 394 valence electrons. The summed E-state index contributed by atoms with van der Waals surface area (Å²) in [6, 6.07) is -11.5. The van der Waals surface area contributed by atoms with Crippen molar-refractivity contribution in [1.82, 2.24) is 42.1 Å². The zero-order valence-corrected chi connectivity index (χ0v) is 42.2. The Morgan fingerprint density at radius 3 is 1.48 bits per heavy atom. The molecule has 24 nitrogen and oxygen atoms in total. The Morgan fingerprint density at radius 2 is 1.03 bits per heavy atom. The Hall–Kier alpha value is -5.62. The number of carbonyl (C=O) groups is 9. The van der Waals surface area contributed by atoms with Gasteiger partial charge in [-0.1, -0.05) is 55.4 Å². The lowest BCUT2D eigenvalue weighted by Gasteiger charge is -2.31. The number of hydrogen-bond donors (Lipinski definition) is 13. The third-order valence-electron chi connectivity index (χ3n) is 11.3. The fraction of sp³-hybridized carbons (Fsp3) is 0.778. The predicted molar refractivity (Wildman–Crippen MR) is 256 cm³/mol. The number of amides is 8. The molecule has 24 heteroatoms. The van der Waals surface area contributed by atoms with Crippen LogP contribution in [0.25, 0.3) is 0 Å². The Morgan fingerprint density at radius 1 is 0.594 bits per heavy atom. The number of carboxylic acid groups (broad SMARTS) is 1. The highest BCUT2D eigenvalue weighted by Gasteiger charge is 2.40. The summed E-state index contributed by atoms with van der Waals surface area (Å²) < 4.78 is 0. The molecule has 69 heavy (non-hydrogen) atoms. The van der Waals surface area contributed by atoms with Crippen LogP contribution in [0.15, 0.2) is 4.99 Å². The van der Waals surface area contributed by atoms with Crippen LogP contribution in [0.5, 0.6) is 0 Å². The first-order valence-electron chi connectivity index (χ1n) is 23.8. The van der Waals surface area contributed by atoms with Gasteiger partial charge in [0.15, 0.2) is 5.96 Å². The number of carbonyl (C=O) groups excluding carboxylic acids is 8. The van der Waals surface area contributed by atoms with Gasteiger partial charge < -0.3 is 74.6 Å². The average Bonchev–Trinajstić information content (AvgIpc) is 3.73. The summed E-state index contributed by atoms with van der Waals surface area (Å²) in [5.41, 5.74) is 16.9. The van der Waals surface area contributed by atoms with E-state index in [-0.39, 0.29) is 81.2 Å². The standard InChI is InChI=1S/C45H82N12O12/c1-21(2)18-29(38(62)54-31(44(68)69)20-23(5)6)52-37(61)30(19-22(3)4)53-42(66)35(27(11)59)55-36(60)28(14-12-16-49-45(47)48)51-39(63)32-15-13-17-57(32)43(67)25(9)50-41(65)34(26(10)58)56-40(64)33(46)24(7)8/h21-35,58-59H,12-20,46H2,1-11H3,(H,50,65)(H,51,63)(H,52,61)(H,53,66)(H,54,62)(H,55,60)(H,56,64)(H,68,69)(H4,47,48,49)/t25-,26+,27+,28-,29-,30-,31-,32-,33-,34-,35-/m0/s1. The number of carboxylic acids is 1. The van der Waals surface area contributed by atoms with Crippen LogP contribution in [0.4, 0.5) is 0 Å². The number of aliphatic imine (C=N–C) groups is 1. The molecule has 16 N–H and O–H groups in total. The van der Waals surface area contributed by atoms with Gasteiger partial charge in [-0.15, -0.1) is 0 Å². The van der Waals surface area contributed by atoms with Crippen LogP contribution in [0, 0.1) is 23.7 Å². The minimum atomic E-state index is -1.68. The zero-order chi connectivity index (χ0) is 53.0. The molecular formula is C45H82N12O12. The number of rotatable bonds is 29. The van der Waals surface area contributed by atoms with Gasteiger partial charge in [0.25, 0.3) is 0 Å². The lowest BCUT2D eigenvalue weighted by molar-refractivity contribution is -0.143. The molecule has 0 aromatic heterocycles. The van der Waals surface area contributed by atoms with Crippen LogP contribution in [-0.2, 0) is 43.2 Å². The summed E-state index contributed by atoms with van der Waals surface area (Å²) in [7, 11) is 0. The number of likely N-dealkylation sites (tertiary alicyclic amines) is 1. The van der Waals surface area contributed by atoms with Crippen molar-refractivity contribution in [2.75, 3.05) is 13.1 Å². The van der Waals surface area contributed by atoms with E-state index >= 15 is 0 Å². The Bertz CT molecular complexity index is 1790. The lowest BCUT2D eigenvalue weighted by atomic mass is 9.98. The van der Waals surface area contributed by atoms with Gasteiger partial charge in [0.2, 0.25) is 47.3 Å². The van der Waals surface area contributed by atoms with Crippen molar-refractivity contribution in [3.8, 4) is 0 Å². The molecule has 11 atom stereocenters. The molecule has 1 aliphatic heterocycles. The van der Waals surface area contributed by atoms with Crippen LogP contribution in [-0.4, -0.2) is 159 Å². The van der Waals surface area contributed by atoms with E-state index in [1.165, 1.54) is 25.7 Å². The molecule has 0 spiro atoms. The van der Waals surface area contributed by atoms with Gasteiger partial charge in [-0.05, 0) is 89.4 Å². The number of aliphatic carboxylic acids is 1. The number of nitrogens with one attached hydrogen (secondary N) is 7. The third kappa shape index (κ3) is 21.3. The van der Waals surface area contributed by atoms with Crippen LogP contribution < -0.4 is 54.4 Å². The zero-order valence-electron chi connectivity index (χ0n) is 42.2. The van der Waals surface area contributed by atoms with Crippen molar-refractivity contribution in [3.05, 3.63) is 0 Å². The van der Waals surface area contributed by atoms with Gasteiger partial charge in [-0.2, -0.15) is 0 Å². The molecule has 1 fully saturated rings. The van der Waals surface area contributed by atoms with Crippen LogP contribution in [0.2, 0.25) is 0 Å². The summed E-state index contributed by atoms with van der Waals surface area (Å²) in [6.07, 6.45) is -1.94. The normalized spacial score (nSPS) is 18.1. The number of guanidine groups is 1. The SMILES string of the molecule is CC(C)C[C@H](NC(=O)[C@H](CC(C)C)NC(=O)[C@H](CC(C)C)NC(=O)[C@@H](NC(=O)[C@H](CCCN=C(N)N)NC(=O)[C@@H]1CCCN1C(=O)[C@H](C)NC(=O)[C@@H](NC(=O)[C@@H](N)C(C)C)[C@@H](C)O)[C@@H](C)O)C(=O)O. The topological polar surface area (TPSA) is 392 Å². The van der Waals surface area contributed by atoms with Gasteiger partial charge in [0.1, 0.15) is 48.3 Å². The predicted octanol–water partition coefficient (Wildman–Crippen LogP) is -2.59. The lowest BCUT2D eigenvalue weighted by Crippen LogP contribution is -2.62. The summed E-state index contributed by atoms with van der Waals surface area (Å²) in [4.78, 5) is 126. The van der Waals surface area contributed by atoms with Crippen LogP contribution in [0.3, 0.4) is 0 Å². The van der Waals surface area contributed by atoms with Gasteiger partial charge >= 0.3 is 5.97 Å². The second-order valence-corrected chi connectivity index (χ2v) is 19.6. The van der Waals surface area contributed by atoms with E-state index in [9.17, 15) is 58.5 Å². The maximum Gasteiger partial charge on any atom is 0.326 e. The largest absolute Gasteiger partial charge is 0.480 e. The molecule has 0 aromatic rings. The number of nitrogens with zero attached hydrogens (tertiary/aromatic N) is 2. The first kappa shape index (κ1) is 61.4. The Balaban J connectivity index is 3.35. The number of aliphatic hydroxyl groups is 2. The van der Waals surface area contributed by atoms with E-state index in [0.29, 0.717) is 6.42 Å². The molecule has 0 aliphatic carbocycles. The van der Waals surface area contributed by atoms with Crippen LogP contribution >= 0.6 is 0 Å². The highest BCUT2D eigenvalue weighted by molar-refractivity contribution is 5.98. The quantitative estimate of drug-likeness (QED) is 0.0208. The Labute approximate surface area is 405 Å². The maximum absolute atomic E-state index is 14.0. The molecular weight excluding hydrogens is 901 g/mol. The fourth-order valence-electron chi connectivity index (χ4n) is 7.48. The summed E-state index contributed by atoms with van der Waals surface area (Å²) in [6.45, 7) is 18.3.